The molecule has 0 atom stereocenters. The van der Waals surface area contributed by atoms with Gasteiger partial charge in [-0.3, -0.25) is 0 Å². The van der Waals surface area contributed by atoms with Gasteiger partial charge in [-0.05, 0) is 48.9 Å². The molecule has 158 valence electrons. The van der Waals surface area contributed by atoms with Crippen LogP contribution in [0.15, 0.2) is 65.8 Å². The van der Waals surface area contributed by atoms with Gasteiger partial charge < -0.3 is 4.90 Å². The van der Waals surface area contributed by atoms with E-state index < -0.39 is 21.5 Å². The van der Waals surface area contributed by atoms with E-state index in [1.54, 1.807) is 42.4 Å². The molecular weight excluding hydrogens is 444 g/mol. The molecule has 31 heavy (non-hydrogen) atoms. The topological polar surface area (TPSA) is 63.2 Å². The van der Waals surface area contributed by atoms with Crippen LogP contribution in [0.5, 0.6) is 0 Å². The molecule has 0 unspecified atom stereocenters. The highest BCUT2D eigenvalue weighted by Crippen LogP contribution is 2.41. The highest BCUT2D eigenvalue weighted by molar-refractivity contribution is 7.90. The number of hydrogen-bond donors (Lipinski definition) is 0. The first kappa shape index (κ1) is 21.1. The third-order valence-corrected chi connectivity index (χ3v) is 6.39. The molecule has 0 fully saturated rings. The third-order valence-electron chi connectivity index (χ3n) is 4.83. The van der Waals surface area contributed by atoms with E-state index in [4.69, 9.17) is 11.6 Å². The predicted octanol–water partition coefficient (Wildman–Crippen LogP) is 5.74. The number of anilines is 3. The van der Waals surface area contributed by atoms with E-state index in [9.17, 15) is 17.2 Å². The van der Waals surface area contributed by atoms with Crippen molar-refractivity contribution in [3.8, 4) is 0 Å². The van der Waals surface area contributed by atoms with E-state index >= 15 is 0 Å². The van der Waals surface area contributed by atoms with Crippen LogP contribution in [-0.2, 0) is 9.84 Å². The van der Waals surface area contributed by atoms with Gasteiger partial charge in [0.2, 0.25) is 0 Å². The minimum atomic E-state index is -3.56. The van der Waals surface area contributed by atoms with Gasteiger partial charge in [0.25, 0.3) is 0 Å². The van der Waals surface area contributed by atoms with E-state index in [0.29, 0.717) is 16.9 Å². The van der Waals surface area contributed by atoms with Crippen molar-refractivity contribution >= 4 is 49.3 Å². The van der Waals surface area contributed by atoms with E-state index in [2.05, 4.69) is 10.2 Å². The number of rotatable bonds is 4. The first-order valence-electron chi connectivity index (χ1n) is 9.11. The number of aryl methyl sites for hydroxylation is 1. The summed E-state index contributed by atoms with van der Waals surface area (Å²) in [5.41, 5.74) is 1.62. The molecule has 1 heterocycles. The number of hydrogen-bond acceptors (Lipinski definition) is 5. The van der Waals surface area contributed by atoms with E-state index in [1.807, 2.05) is 0 Å². The molecular formula is C22H16ClF2N3O2S. The summed E-state index contributed by atoms with van der Waals surface area (Å²) in [7, 11) is -3.56. The minimum Gasteiger partial charge on any atom is -0.307 e. The van der Waals surface area contributed by atoms with Crippen molar-refractivity contribution in [1.29, 1.82) is 0 Å². The number of sulfone groups is 1. The summed E-state index contributed by atoms with van der Waals surface area (Å²) in [5.74, 6) is -1.49. The van der Waals surface area contributed by atoms with Crippen LogP contribution in [0.1, 0.15) is 5.56 Å². The lowest BCUT2D eigenvalue weighted by molar-refractivity contribution is 0.584. The van der Waals surface area contributed by atoms with Crippen LogP contribution in [-0.4, -0.2) is 24.9 Å². The lowest BCUT2D eigenvalue weighted by Gasteiger charge is -2.28. The van der Waals surface area contributed by atoms with Crippen molar-refractivity contribution < 1.29 is 17.2 Å². The van der Waals surface area contributed by atoms with Crippen molar-refractivity contribution in [2.24, 2.45) is 0 Å². The largest absolute Gasteiger partial charge is 0.307 e. The maximum absolute atomic E-state index is 14.9. The molecule has 0 saturated carbocycles. The smallest absolute Gasteiger partial charge is 0.177 e. The number of fused-ring (bicyclic) bond motifs is 1. The molecule has 0 saturated heterocycles. The summed E-state index contributed by atoms with van der Waals surface area (Å²) in [6.07, 6.45) is 4.24. The molecule has 5 nitrogen and oxygen atoms in total. The van der Waals surface area contributed by atoms with E-state index in [-0.39, 0.29) is 15.6 Å². The molecule has 9 heteroatoms. The van der Waals surface area contributed by atoms with Gasteiger partial charge in [-0.1, -0.05) is 17.7 Å². The van der Waals surface area contributed by atoms with Gasteiger partial charge in [-0.25, -0.2) is 17.2 Å². The maximum Gasteiger partial charge on any atom is 0.177 e. The highest BCUT2D eigenvalue weighted by atomic mass is 35.5. The molecule has 0 spiro atoms. The third kappa shape index (κ3) is 4.08. The fraction of sp³-hybridized carbons (Fsp3) is 0.0909. The zero-order chi connectivity index (χ0) is 22.3. The molecule has 0 aliphatic heterocycles. The van der Waals surface area contributed by atoms with Crippen LogP contribution in [0.4, 0.5) is 25.8 Å². The first-order valence-corrected chi connectivity index (χ1v) is 11.4. The molecule has 0 bridgehead atoms. The van der Waals surface area contributed by atoms with Crippen LogP contribution in [0.25, 0.3) is 10.8 Å². The monoisotopic (exact) mass is 459 g/mol. The van der Waals surface area contributed by atoms with Crippen LogP contribution < -0.4 is 4.90 Å². The Balaban J connectivity index is 2.00. The fourth-order valence-corrected chi connectivity index (χ4v) is 4.74. The van der Waals surface area contributed by atoms with Crippen LogP contribution in [0.2, 0.25) is 5.02 Å². The number of aromatic nitrogens is 2. The Morgan fingerprint density at radius 3 is 2.29 bits per heavy atom. The van der Waals surface area contributed by atoms with Crippen LogP contribution in [0.3, 0.4) is 0 Å². The summed E-state index contributed by atoms with van der Waals surface area (Å²) in [6, 6.07) is 11.5. The lowest BCUT2D eigenvalue weighted by atomic mass is 10.1. The van der Waals surface area contributed by atoms with E-state index in [1.165, 1.54) is 18.2 Å². The van der Waals surface area contributed by atoms with Crippen molar-refractivity contribution in [3.63, 3.8) is 0 Å². The van der Waals surface area contributed by atoms with Crippen LogP contribution >= 0.6 is 11.6 Å². The second-order valence-corrected chi connectivity index (χ2v) is 9.47. The normalized spacial score (nSPS) is 11.6. The van der Waals surface area contributed by atoms with Gasteiger partial charge >= 0.3 is 0 Å². The Hall–Kier alpha value is -3.10. The Labute approximate surface area is 182 Å². The molecule has 0 amide bonds. The summed E-state index contributed by atoms with van der Waals surface area (Å²) in [6.45, 7) is 1.70. The zero-order valence-corrected chi connectivity index (χ0v) is 18.0. The lowest BCUT2D eigenvalue weighted by Crippen LogP contribution is -2.14. The summed E-state index contributed by atoms with van der Waals surface area (Å²) in [4.78, 5) is 1.53. The van der Waals surface area contributed by atoms with Gasteiger partial charge in [-0.15, -0.1) is 0 Å². The van der Waals surface area contributed by atoms with Crippen molar-refractivity contribution in [2.45, 2.75) is 11.8 Å². The van der Waals surface area contributed by atoms with Crippen molar-refractivity contribution in [3.05, 3.63) is 83.1 Å². The number of benzene rings is 3. The molecule has 3 aromatic carbocycles. The highest BCUT2D eigenvalue weighted by Gasteiger charge is 2.22. The average molecular weight is 460 g/mol. The number of nitrogens with zero attached hydrogens (tertiary/aromatic N) is 3. The summed E-state index contributed by atoms with van der Waals surface area (Å²) < 4.78 is 52.5. The van der Waals surface area contributed by atoms with Gasteiger partial charge in [0.1, 0.15) is 11.6 Å². The van der Waals surface area contributed by atoms with Gasteiger partial charge in [0, 0.05) is 28.8 Å². The summed E-state index contributed by atoms with van der Waals surface area (Å²) >= 11 is 6.29. The van der Waals surface area contributed by atoms with Gasteiger partial charge in [0.15, 0.2) is 9.84 Å². The Bertz CT molecular complexity index is 1430. The maximum atomic E-state index is 14.9. The molecule has 0 aliphatic rings. The average Bonchev–Trinajstić information content (AvgIpc) is 2.71. The van der Waals surface area contributed by atoms with Gasteiger partial charge in [-0.2, -0.15) is 10.2 Å². The predicted molar refractivity (Wildman–Crippen MR) is 117 cm³/mol. The first-order chi connectivity index (χ1) is 14.6. The van der Waals surface area contributed by atoms with Gasteiger partial charge in [0.05, 0.1) is 33.7 Å². The fourth-order valence-electron chi connectivity index (χ4n) is 3.36. The second kappa shape index (κ2) is 7.86. The Morgan fingerprint density at radius 2 is 1.61 bits per heavy atom. The molecule has 4 aromatic rings. The second-order valence-electron chi connectivity index (χ2n) is 7.07. The van der Waals surface area contributed by atoms with Crippen molar-refractivity contribution in [2.75, 3.05) is 11.2 Å². The number of halogens is 3. The molecule has 0 aliphatic carbocycles. The summed E-state index contributed by atoms with van der Waals surface area (Å²) in [5, 5.41) is 9.32. The Kier molecular flexibility index (Phi) is 5.36. The zero-order valence-electron chi connectivity index (χ0n) is 16.5. The van der Waals surface area contributed by atoms with Crippen molar-refractivity contribution in [1.82, 2.24) is 10.2 Å². The standard InChI is InChI=1S/C22H16ClF2N3O2S/c1-13-7-22(31(2,29)30)18(23)10-21(13)28(20-6-4-16(24)9-19(20)25)17-5-3-14-11-26-27-12-15(14)8-17/h3-12H,1-2H3. The molecule has 0 N–H and O–H groups in total. The van der Waals surface area contributed by atoms with Crippen LogP contribution in [0, 0.1) is 18.6 Å². The SMILES string of the molecule is Cc1cc(S(C)(=O)=O)c(Cl)cc1N(c1ccc2cnncc2c1)c1ccc(F)cc1F. The quantitative estimate of drug-likeness (QED) is 0.389. The molecule has 0 radical (unpaired) electrons. The molecule has 1 aromatic heterocycles. The molecule has 4 rings (SSSR count). The Morgan fingerprint density at radius 1 is 0.903 bits per heavy atom. The minimum absolute atomic E-state index is 0.00211. The van der Waals surface area contributed by atoms with E-state index in [0.717, 1.165) is 29.2 Å².